The highest BCUT2D eigenvalue weighted by molar-refractivity contribution is 6.04. The molecule has 3 aromatic heterocycles. The second-order valence-corrected chi connectivity index (χ2v) is 7.99. The molecule has 0 aliphatic carbocycles. The number of unbranched alkanes of at least 4 members (excludes halogenated alkanes) is 1. The van der Waals surface area contributed by atoms with E-state index in [4.69, 9.17) is 9.84 Å². The molecule has 0 atom stereocenters. The summed E-state index contributed by atoms with van der Waals surface area (Å²) >= 11 is 0. The highest BCUT2D eigenvalue weighted by atomic mass is 16.5. The summed E-state index contributed by atoms with van der Waals surface area (Å²) in [6, 6.07) is 24.1. The molecule has 5 rings (SSSR count). The van der Waals surface area contributed by atoms with Crippen molar-refractivity contribution in [1.29, 1.82) is 0 Å². The van der Waals surface area contributed by atoms with E-state index in [0.717, 1.165) is 29.8 Å². The number of fused-ring (bicyclic) bond motifs is 1. The molecule has 35 heavy (non-hydrogen) atoms. The Labute approximate surface area is 202 Å². The average Bonchev–Trinajstić information content (AvgIpc) is 3.33. The zero-order chi connectivity index (χ0) is 24.0. The van der Waals surface area contributed by atoms with Crippen LogP contribution < -0.4 is 10.1 Å². The van der Waals surface area contributed by atoms with Gasteiger partial charge in [0.1, 0.15) is 11.4 Å². The van der Waals surface area contributed by atoms with Gasteiger partial charge in [-0.1, -0.05) is 31.5 Å². The smallest absolute Gasteiger partial charge is 0.255 e. The predicted octanol–water partition coefficient (Wildman–Crippen LogP) is 5.28. The normalized spacial score (nSPS) is 10.9. The highest BCUT2D eigenvalue weighted by Crippen LogP contribution is 2.22. The molecule has 8 nitrogen and oxygen atoms in total. The van der Waals surface area contributed by atoms with E-state index in [1.807, 2.05) is 66.7 Å². The van der Waals surface area contributed by atoms with Gasteiger partial charge in [-0.2, -0.15) is 9.61 Å². The van der Waals surface area contributed by atoms with Gasteiger partial charge < -0.3 is 10.1 Å². The second-order valence-electron chi connectivity index (χ2n) is 7.99. The van der Waals surface area contributed by atoms with Crippen LogP contribution in [0.15, 0.2) is 85.1 Å². The zero-order valence-electron chi connectivity index (χ0n) is 19.3. The first-order chi connectivity index (χ1) is 17.2. The molecule has 0 saturated heterocycles. The van der Waals surface area contributed by atoms with E-state index in [-0.39, 0.29) is 5.91 Å². The molecule has 0 spiro atoms. The molecule has 0 bridgehead atoms. The number of nitrogens with zero attached hydrogens (tertiary/aromatic N) is 5. The largest absolute Gasteiger partial charge is 0.494 e. The van der Waals surface area contributed by atoms with Crippen LogP contribution in [0, 0.1) is 0 Å². The minimum Gasteiger partial charge on any atom is -0.494 e. The quantitative estimate of drug-likeness (QED) is 0.314. The first-order valence-corrected chi connectivity index (χ1v) is 11.5. The summed E-state index contributed by atoms with van der Waals surface area (Å²) in [5.41, 5.74) is 4.26. The Morgan fingerprint density at radius 1 is 0.914 bits per heavy atom. The number of anilines is 1. The SMILES string of the molecule is CCCCOc1ccc(C(=O)Nc2ccc(-c3ccc4nnc(-c5ccccn5)n4n3)cc2)cc1. The zero-order valence-corrected chi connectivity index (χ0v) is 19.3. The number of aromatic nitrogens is 5. The lowest BCUT2D eigenvalue weighted by atomic mass is 10.1. The third-order valence-electron chi connectivity index (χ3n) is 5.48. The van der Waals surface area contributed by atoms with Crippen molar-refractivity contribution in [1.82, 2.24) is 24.8 Å². The topological polar surface area (TPSA) is 94.3 Å². The Morgan fingerprint density at radius 3 is 2.49 bits per heavy atom. The number of carbonyl (C=O) groups is 1. The standard InChI is InChI=1S/C27H24N6O2/c1-2-3-18-35-22-13-9-20(10-14-22)27(34)29-21-11-7-19(8-12-21)23-15-16-25-30-31-26(33(25)32-23)24-6-4-5-17-28-24/h4-17H,2-3,18H2,1H3,(H,29,34). The summed E-state index contributed by atoms with van der Waals surface area (Å²) in [6.45, 7) is 2.80. The van der Waals surface area contributed by atoms with Crippen molar-refractivity contribution >= 4 is 17.2 Å². The molecule has 1 amide bonds. The van der Waals surface area contributed by atoms with Crippen molar-refractivity contribution in [3.63, 3.8) is 0 Å². The number of ether oxygens (including phenoxy) is 1. The molecule has 8 heteroatoms. The van der Waals surface area contributed by atoms with E-state index in [1.165, 1.54) is 0 Å². The highest BCUT2D eigenvalue weighted by Gasteiger charge is 2.12. The van der Waals surface area contributed by atoms with Crippen LogP contribution in [0.2, 0.25) is 0 Å². The number of amides is 1. The van der Waals surface area contributed by atoms with E-state index in [0.29, 0.717) is 35.0 Å². The Kier molecular flexibility index (Phi) is 6.43. The first kappa shape index (κ1) is 22.2. The van der Waals surface area contributed by atoms with Crippen LogP contribution in [0.3, 0.4) is 0 Å². The van der Waals surface area contributed by atoms with Gasteiger partial charge >= 0.3 is 0 Å². The van der Waals surface area contributed by atoms with Gasteiger partial charge in [0.15, 0.2) is 5.65 Å². The lowest BCUT2D eigenvalue weighted by Crippen LogP contribution is -2.11. The summed E-state index contributed by atoms with van der Waals surface area (Å²) in [6.07, 6.45) is 3.80. The van der Waals surface area contributed by atoms with Gasteiger partial charge in [0.2, 0.25) is 5.82 Å². The fourth-order valence-corrected chi connectivity index (χ4v) is 3.56. The third kappa shape index (κ3) is 5.01. The lowest BCUT2D eigenvalue weighted by molar-refractivity contribution is 0.102. The van der Waals surface area contributed by atoms with Crippen LogP contribution in [0.5, 0.6) is 5.75 Å². The molecule has 0 unspecified atom stereocenters. The van der Waals surface area contributed by atoms with Gasteiger partial charge in [-0.15, -0.1) is 10.2 Å². The van der Waals surface area contributed by atoms with Crippen LogP contribution in [0.25, 0.3) is 28.4 Å². The van der Waals surface area contributed by atoms with E-state index >= 15 is 0 Å². The van der Waals surface area contributed by atoms with Crippen LogP contribution in [0.4, 0.5) is 5.69 Å². The van der Waals surface area contributed by atoms with Crippen molar-refractivity contribution < 1.29 is 9.53 Å². The van der Waals surface area contributed by atoms with Gasteiger partial charge in [-0.25, -0.2) is 0 Å². The summed E-state index contributed by atoms with van der Waals surface area (Å²) in [5, 5.41) is 16.1. The number of hydrogen-bond donors (Lipinski definition) is 1. The number of pyridine rings is 1. The van der Waals surface area contributed by atoms with Crippen molar-refractivity contribution in [2.75, 3.05) is 11.9 Å². The maximum Gasteiger partial charge on any atom is 0.255 e. The minimum absolute atomic E-state index is 0.179. The Balaban J connectivity index is 1.29. The van der Waals surface area contributed by atoms with Gasteiger partial charge in [0.25, 0.3) is 5.91 Å². The number of nitrogens with one attached hydrogen (secondary N) is 1. The van der Waals surface area contributed by atoms with Crippen molar-refractivity contribution in [3.8, 4) is 28.5 Å². The van der Waals surface area contributed by atoms with E-state index in [1.54, 1.807) is 22.8 Å². The fraction of sp³-hybridized carbons (Fsp3) is 0.148. The second kappa shape index (κ2) is 10.1. The van der Waals surface area contributed by atoms with Crippen LogP contribution in [-0.4, -0.2) is 37.3 Å². The van der Waals surface area contributed by atoms with Gasteiger partial charge in [-0.3, -0.25) is 9.78 Å². The number of rotatable bonds is 8. The number of benzene rings is 2. The number of carbonyl (C=O) groups excluding carboxylic acids is 1. The van der Waals surface area contributed by atoms with Gasteiger partial charge in [-0.05, 0) is 67.1 Å². The Bertz CT molecular complexity index is 1430. The fourth-order valence-electron chi connectivity index (χ4n) is 3.56. The van der Waals surface area contributed by atoms with E-state index in [2.05, 4.69) is 27.4 Å². The molecular weight excluding hydrogens is 440 g/mol. The number of hydrogen-bond acceptors (Lipinski definition) is 6. The molecule has 0 saturated carbocycles. The molecule has 2 aromatic carbocycles. The third-order valence-corrected chi connectivity index (χ3v) is 5.48. The van der Waals surface area contributed by atoms with Crippen LogP contribution in [0.1, 0.15) is 30.1 Å². The van der Waals surface area contributed by atoms with E-state index in [9.17, 15) is 4.79 Å². The first-order valence-electron chi connectivity index (χ1n) is 11.5. The van der Waals surface area contributed by atoms with Gasteiger partial charge in [0, 0.05) is 23.0 Å². The van der Waals surface area contributed by atoms with Crippen molar-refractivity contribution in [2.45, 2.75) is 19.8 Å². The lowest BCUT2D eigenvalue weighted by Gasteiger charge is -2.08. The van der Waals surface area contributed by atoms with Crippen molar-refractivity contribution in [2.24, 2.45) is 0 Å². The van der Waals surface area contributed by atoms with Crippen LogP contribution in [-0.2, 0) is 0 Å². The summed E-state index contributed by atoms with van der Waals surface area (Å²) < 4.78 is 7.34. The molecular formula is C27H24N6O2. The summed E-state index contributed by atoms with van der Waals surface area (Å²) in [5.74, 6) is 1.16. The van der Waals surface area contributed by atoms with E-state index < -0.39 is 0 Å². The Hall–Kier alpha value is -4.59. The van der Waals surface area contributed by atoms with Gasteiger partial charge in [0.05, 0.1) is 12.3 Å². The monoisotopic (exact) mass is 464 g/mol. The Morgan fingerprint density at radius 2 is 1.74 bits per heavy atom. The molecule has 0 aliphatic rings. The predicted molar refractivity (Wildman–Crippen MR) is 134 cm³/mol. The average molecular weight is 465 g/mol. The summed E-state index contributed by atoms with van der Waals surface area (Å²) in [7, 11) is 0. The molecule has 0 fully saturated rings. The molecule has 0 radical (unpaired) electrons. The molecule has 1 N–H and O–H groups in total. The molecule has 0 aliphatic heterocycles. The molecule has 174 valence electrons. The van der Waals surface area contributed by atoms with Crippen molar-refractivity contribution in [3.05, 3.63) is 90.6 Å². The summed E-state index contributed by atoms with van der Waals surface area (Å²) in [4.78, 5) is 17.0. The molecule has 5 aromatic rings. The maximum atomic E-state index is 12.6. The molecule has 3 heterocycles. The minimum atomic E-state index is -0.179. The van der Waals surface area contributed by atoms with Crippen LogP contribution >= 0.6 is 0 Å². The maximum absolute atomic E-state index is 12.6.